The molecule has 1 unspecified atom stereocenters. The monoisotopic (exact) mass is 478 g/mol. The van der Waals surface area contributed by atoms with Crippen LogP contribution in [-0.2, 0) is 17.3 Å². The molecule has 0 saturated heterocycles. The second-order valence-electron chi connectivity index (χ2n) is 8.03. The minimum atomic E-state index is -4.46. The van der Waals surface area contributed by atoms with E-state index in [0.717, 1.165) is 16.9 Å². The molecule has 0 spiro atoms. The third kappa shape index (κ3) is 4.63. The van der Waals surface area contributed by atoms with Gasteiger partial charge >= 0.3 is 6.18 Å². The van der Waals surface area contributed by atoms with Crippen LogP contribution in [0.25, 0.3) is 10.9 Å². The number of rotatable bonds is 5. The average molecular weight is 479 g/mol. The summed E-state index contributed by atoms with van der Waals surface area (Å²) in [6.07, 6.45) is -3.37. The van der Waals surface area contributed by atoms with Gasteiger partial charge in [-0.1, -0.05) is 29.8 Å². The summed E-state index contributed by atoms with van der Waals surface area (Å²) in [5.74, 6) is -0.386. The molecule has 1 aliphatic carbocycles. The van der Waals surface area contributed by atoms with Crippen molar-refractivity contribution in [1.29, 1.82) is 0 Å². The van der Waals surface area contributed by atoms with E-state index in [1.54, 1.807) is 25.3 Å². The first-order valence-electron chi connectivity index (χ1n) is 10.5. The Kier molecular flexibility index (Phi) is 6.50. The fourth-order valence-electron chi connectivity index (χ4n) is 4.29. The van der Waals surface area contributed by atoms with E-state index in [0.29, 0.717) is 41.6 Å². The van der Waals surface area contributed by atoms with Crippen molar-refractivity contribution < 1.29 is 23.1 Å². The highest BCUT2D eigenvalue weighted by Gasteiger charge is 2.34. The fraction of sp³-hybridized carbons (Fsp3) is 0.333. The van der Waals surface area contributed by atoms with Gasteiger partial charge in [0.2, 0.25) is 0 Å². The Balaban J connectivity index is 1.86. The molecule has 1 aliphatic rings. The van der Waals surface area contributed by atoms with E-state index in [1.165, 1.54) is 12.1 Å². The number of hydrogen-bond donors (Lipinski definition) is 1. The second-order valence-corrected chi connectivity index (χ2v) is 8.46. The number of halogens is 4. The zero-order valence-corrected chi connectivity index (χ0v) is 18.6. The third-order valence-electron chi connectivity index (χ3n) is 5.87. The molecule has 33 heavy (non-hydrogen) atoms. The van der Waals surface area contributed by atoms with Crippen LogP contribution in [-0.4, -0.2) is 35.9 Å². The van der Waals surface area contributed by atoms with Gasteiger partial charge in [0, 0.05) is 31.0 Å². The molecule has 9 heteroatoms. The van der Waals surface area contributed by atoms with Crippen molar-refractivity contribution >= 4 is 28.2 Å². The summed E-state index contributed by atoms with van der Waals surface area (Å²) in [7, 11) is 1.58. The molecule has 3 aromatic rings. The molecule has 1 N–H and O–H groups in total. The van der Waals surface area contributed by atoms with Crippen molar-refractivity contribution in [2.45, 2.75) is 31.4 Å². The lowest BCUT2D eigenvalue weighted by atomic mass is 9.80. The van der Waals surface area contributed by atoms with Crippen molar-refractivity contribution in [2.24, 2.45) is 4.99 Å². The topological polar surface area (TPSA) is 63.8 Å². The minimum absolute atomic E-state index is 0.193. The summed E-state index contributed by atoms with van der Waals surface area (Å²) < 4.78 is 45.8. The van der Waals surface area contributed by atoms with E-state index in [2.05, 4.69) is 4.99 Å². The number of pyridine rings is 1. The summed E-state index contributed by atoms with van der Waals surface area (Å²) >= 11 is 6.07. The van der Waals surface area contributed by atoms with Gasteiger partial charge in [0.05, 0.1) is 27.7 Å². The quantitative estimate of drug-likeness (QED) is 0.391. The number of nitrogens with zero attached hydrogens (tertiary/aromatic N) is 2. The van der Waals surface area contributed by atoms with Gasteiger partial charge in [-0.05, 0) is 55.0 Å². The maximum Gasteiger partial charge on any atom is 0.416 e. The Morgan fingerprint density at radius 3 is 2.73 bits per heavy atom. The van der Waals surface area contributed by atoms with Crippen LogP contribution < -0.4 is 5.43 Å². The Bertz CT molecular complexity index is 1280. The normalized spacial score (nSPS) is 17.5. The van der Waals surface area contributed by atoms with Crippen molar-refractivity contribution in [3.05, 3.63) is 80.1 Å². The van der Waals surface area contributed by atoms with Crippen molar-refractivity contribution in [3.8, 4) is 0 Å². The number of hydrogen-bond acceptors (Lipinski definition) is 4. The summed E-state index contributed by atoms with van der Waals surface area (Å²) in [5.41, 5.74) is 0.793. The molecule has 1 heterocycles. The smallest absolute Gasteiger partial charge is 0.416 e. The molecule has 4 rings (SSSR count). The van der Waals surface area contributed by atoms with Gasteiger partial charge in [0.15, 0.2) is 5.43 Å². The van der Waals surface area contributed by atoms with Crippen LogP contribution in [0.5, 0.6) is 0 Å². The van der Waals surface area contributed by atoms with E-state index < -0.39 is 11.7 Å². The predicted octanol–water partition coefficient (Wildman–Crippen LogP) is 5.47. The number of aliphatic imine (C=N–C) groups is 1. The highest BCUT2D eigenvalue weighted by atomic mass is 35.5. The first kappa shape index (κ1) is 23.3. The SMILES string of the molecule is COCCCN=C1CC(c2cccc(C(F)(F)F)c2)Cc2c1c(=O)c1cc(Cl)ccc1n2O. The summed E-state index contributed by atoms with van der Waals surface area (Å²) in [6, 6.07) is 9.76. The number of ether oxygens (including phenoxy) is 1. The van der Waals surface area contributed by atoms with E-state index in [1.807, 2.05) is 0 Å². The molecule has 2 aromatic carbocycles. The van der Waals surface area contributed by atoms with Gasteiger partial charge < -0.3 is 9.94 Å². The number of benzene rings is 2. The Morgan fingerprint density at radius 2 is 2.00 bits per heavy atom. The predicted molar refractivity (Wildman–Crippen MR) is 121 cm³/mol. The summed E-state index contributed by atoms with van der Waals surface area (Å²) in [5, 5.41) is 11.6. The molecule has 0 radical (unpaired) electrons. The molecule has 0 saturated carbocycles. The van der Waals surface area contributed by atoms with Gasteiger partial charge in [0.1, 0.15) is 0 Å². The Hall–Kier alpha value is -2.84. The second kappa shape index (κ2) is 9.19. The molecule has 1 atom stereocenters. The van der Waals surface area contributed by atoms with Crippen LogP contribution in [0.15, 0.2) is 52.3 Å². The van der Waals surface area contributed by atoms with Crippen LogP contribution in [0, 0.1) is 0 Å². The molecule has 1 aromatic heterocycles. The van der Waals surface area contributed by atoms with Gasteiger partial charge in [-0.2, -0.15) is 17.9 Å². The van der Waals surface area contributed by atoms with E-state index >= 15 is 0 Å². The maximum absolute atomic E-state index is 13.4. The Labute approximate surface area is 193 Å². The van der Waals surface area contributed by atoms with Gasteiger partial charge in [0.25, 0.3) is 0 Å². The Morgan fingerprint density at radius 1 is 1.21 bits per heavy atom. The lowest BCUT2D eigenvalue weighted by molar-refractivity contribution is -0.137. The number of fused-ring (bicyclic) bond motifs is 2. The highest BCUT2D eigenvalue weighted by molar-refractivity contribution is 6.31. The van der Waals surface area contributed by atoms with Crippen molar-refractivity contribution in [2.75, 3.05) is 20.3 Å². The minimum Gasteiger partial charge on any atom is -0.428 e. The van der Waals surface area contributed by atoms with Crippen LogP contribution >= 0.6 is 11.6 Å². The van der Waals surface area contributed by atoms with Crippen LogP contribution in [0.2, 0.25) is 5.02 Å². The van der Waals surface area contributed by atoms with Crippen LogP contribution in [0.4, 0.5) is 13.2 Å². The summed E-state index contributed by atoms with van der Waals surface area (Å²) in [6.45, 7) is 0.870. The third-order valence-corrected chi connectivity index (χ3v) is 6.10. The average Bonchev–Trinajstić information content (AvgIpc) is 2.79. The first-order valence-corrected chi connectivity index (χ1v) is 10.8. The zero-order valence-electron chi connectivity index (χ0n) is 17.8. The maximum atomic E-state index is 13.4. The van der Waals surface area contributed by atoms with Crippen molar-refractivity contribution in [3.63, 3.8) is 0 Å². The molecular weight excluding hydrogens is 457 g/mol. The van der Waals surface area contributed by atoms with Gasteiger partial charge in [-0.3, -0.25) is 9.79 Å². The largest absolute Gasteiger partial charge is 0.428 e. The van der Waals surface area contributed by atoms with Crippen molar-refractivity contribution in [1.82, 2.24) is 4.73 Å². The number of methoxy groups -OCH3 is 1. The standard InChI is InChI=1S/C24H22ClF3N2O3/c1-33-9-3-8-29-19-11-15(14-4-2-5-16(10-14)24(26,27)28)12-21-22(19)23(31)18-13-17(25)6-7-20(18)30(21)32/h2,4-7,10,13,15,32H,3,8-9,11-12H2,1H3. The lowest BCUT2D eigenvalue weighted by Gasteiger charge is -2.28. The number of aromatic nitrogens is 1. The zero-order chi connectivity index (χ0) is 23.8. The molecule has 0 amide bonds. The van der Waals surface area contributed by atoms with Gasteiger partial charge in [-0.15, -0.1) is 0 Å². The highest BCUT2D eigenvalue weighted by Crippen LogP contribution is 2.36. The molecule has 0 fully saturated rings. The first-order chi connectivity index (χ1) is 15.7. The van der Waals surface area contributed by atoms with Gasteiger partial charge in [-0.25, -0.2) is 0 Å². The summed E-state index contributed by atoms with van der Waals surface area (Å²) in [4.78, 5) is 18.0. The molecule has 0 aliphatic heterocycles. The van der Waals surface area contributed by atoms with Crippen LogP contribution in [0.3, 0.4) is 0 Å². The molecule has 0 bridgehead atoms. The fourth-order valence-corrected chi connectivity index (χ4v) is 4.46. The number of alkyl halides is 3. The molecule has 174 valence electrons. The molecule has 5 nitrogen and oxygen atoms in total. The van der Waals surface area contributed by atoms with E-state index in [4.69, 9.17) is 16.3 Å². The van der Waals surface area contributed by atoms with E-state index in [9.17, 15) is 23.2 Å². The van der Waals surface area contributed by atoms with Crippen LogP contribution in [0.1, 0.15) is 41.1 Å². The lowest BCUT2D eigenvalue weighted by Crippen LogP contribution is -2.31. The van der Waals surface area contributed by atoms with E-state index in [-0.39, 0.29) is 40.7 Å². The molecular formula is C24H22ClF3N2O3.